The number of amides is 1. The highest BCUT2D eigenvalue weighted by atomic mass is 35.5. The van der Waals surface area contributed by atoms with Crippen LogP contribution < -0.4 is 5.32 Å². The lowest BCUT2D eigenvalue weighted by Gasteiger charge is -2.04. The van der Waals surface area contributed by atoms with Crippen molar-refractivity contribution in [2.45, 2.75) is 33.1 Å². The van der Waals surface area contributed by atoms with Crippen LogP contribution in [0.15, 0.2) is 36.4 Å². The molecule has 0 spiro atoms. The monoisotopic (exact) mass is 382 g/mol. The lowest BCUT2D eigenvalue weighted by molar-refractivity contribution is -0.118. The molecule has 4 heteroatoms. The summed E-state index contributed by atoms with van der Waals surface area (Å²) in [7, 11) is 2.18. The van der Waals surface area contributed by atoms with Crippen molar-refractivity contribution < 1.29 is 4.79 Å². The van der Waals surface area contributed by atoms with Gasteiger partial charge in [-0.3, -0.25) is 4.79 Å². The predicted molar refractivity (Wildman–Crippen MR) is 114 cm³/mol. The summed E-state index contributed by atoms with van der Waals surface area (Å²) in [6, 6.07) is 13.2. The first-order valence-corrected chi connectivity index (χ1v) is 10.2. The second kappa shape index (κ2) is 6.56. The number of hydrogen-bond donors (Lipinski definition) is 1. The molecule has 3 aromatic rings. The van der Waals surface area contributed by atoms with E-state index in [0.717, 1.165) is 6.42 Å². The number of aryl methyl sites for hydroxylation is 1. The Morgan fingerprint density at radius 1 is 1.19 bits per heavy atom. The van der Waals surface area contributed by atoms with Crippen molar-refractivity contribution in [1.82, 2.24) is 9.88 Å². The maximum Gasteiger partial charge on any atom is 0.234 e. The number of aromatic nitrogens is 1. The number of benzene rings is 2. The average molecular weight is 383 g/mol. The summed E-state index contributed by atoms with van der Waals surface area (Å²) in [5, 5.41) is 6.89. The van der Waals surface area contributed by atoms with E-state index < -0.39 is 0 Å². The van der Waals surface area contributed by atoms with Gasteiger partial charge in [-0.15, -0.1) is 11.6 Å². The van der Waals surface area contributed by atoms with E-state index in [2.05, 4.69) is 74.1 Å². The molecule has 0 radical (unpaired) electrons. The van der Waals surface area contributed by atoms with Crippen molar-refractivity contribution in [3.63, 3.8) is 0 Å². The number of carbonyl (C=O) groups is 1. The molecule has 0 unspecified atom stereocenters. The minimum atomic E-state index is -0.0838. The summed E-state index contributed by atoms with van der Waals surface area (Å²) in [5.41, 5.74) is 4.41. The maximum atomic E-state index is 11.4. The molecule has 1 N–H and O–H groups in total. The lowest BCUT2D eigenvalue weighted by Crippen LogP contribution is -2.25. The van der Waals surface area contributed by atoms with Gasteiger partial charge in [-0.05, 0) is 41.5 Å². The van der Waals surface area contributed by atoms with Crippen molar-refractivity contribution in [3.8, 4) is 0 Å². The van der Waals surface area contributed by atoms with Crippen LogP contribution >= 0.6 is 11.6 Å². The van der Waals surface area contributed by atoms with Crippen LogP contribution in [-0.4, -0.2) is 22.9 Å². The molecule has 3 nitrogen and oxygen atoms in total. The summed E-state index contributed by atoms with van der Waals surface area (Å²) >= 11 is 5.59. The summed E-state index contributed by atoms with van der Waals surface area (Å²) in [6.45, 7) is 7.64. The highest BCUT2D eigenvalue weighted by Crippen LogP contribution is 2.67. The van der Waals surface area contributed by atoms with E-state index in [-0.39, 0.29) is 17.2 Å². The van der Waals surface area contributed by atoms with Crippen LogP contribution in [0.1, 0.15) is 37.4 Å². The number of halogens is 1. The summed E-state index contributed by atoms with van der Waals surface area (Å²) < 4.78 is 2.35. The van der Waals surface area contributed by atoms with E-state index in [0.29, 0.717) is 18.4 Å². The van der Waals surface area contributed by atoms with Gasteiger partial charge in [-0.2, -0.15) is 0 Å². The van der Waals surface area contributed by atoms with Crippen LogP contribution in [0.25, 0.3) is 21.7 Å². The zero-order chi connectivity index (χ0) is 19.3. The van der Waals surface area contributed by atoms with Crippen LogP contribution in [0.2, 0.25) is 0 Å². The van der Waals surface area contributed by atoms with Gasteiger partial charge in [0.15, 0.2) is 0 Å². The van der Waals surface area contributed by atoms with Crippen molar-refractivity contribution in [1.29, 1.82) is 0 Å². The molecule has 1 saturated carbocycles. The standard InChI is InChI=1S/C23H27ClN2O/c1-14-20(21-18(23(21,2)3)11-12-25-19(27)13-24)17-10-9-15-7-5-6-8-16(15)22(17)26(14)4/h5-10,18,21H,11-13H2,1-4H3,(H,25,27)/t18-,21+/m1/s1. The van der Waals surface area contributed by atoms with Gasteiger partial charge in [0.05, 0.1) is 5.52 Å². The Kier molecular flexibility index (Phi) is 4.46. The molecule has 0 aliphatic heterocycles. The van der Waals surface area contributed by atoms with Gasteiger partial charge in [-0.1, -0.05) is 50.2 Å². The van der Waals surface area contributed by atoms with Gasteiger partial charge in [0, 0.05) is 30.1 Å². The number of alkyl halides is 1. The van der Waals surface area contributed by atoms with Gasteiger partial charge in [0.25, 0.3) is 0 Å². The molecule has 0 saturated heterocycles. The quantitative estimate of drug-likeness (QED) is 0.610. The molecule has 1 aliphatic carbocycles. The Hall–Kier alpha value is -2.00. The number of rotatable bonds is 5. The van der Waals surface area contributed by atoms with Crippen molar-refractivity contribution in [3.05, 3.63) is 47.7 Å². The third-order valence-corrected chi connectivity index (χ3v) is 6.92. The normalized spacial score (nSPS) is 20.9. The second-order valence-corrected chi connectivity index (χ2v) is 8.69. The molecule has 0 bridgehead atoms. The van der Waals surface area contributed by atoms with Gasteiger partial charge in [0.2, 0.25) is 5.91 Å². The van der Waals surface area contributed by atoms with E-state index in [4.69, 9.17) is 11.6 Å². The zero-order valence-electron chi connectivity index (χ0n) is 16.5. The van der Waals surface area contributed by atoms with Crippen LogP contribution in [0.4, 0.5) is 0 Å². The molecule has 1 fully saturated rings. The molecule has 1 heterocycles. The van der Waals surface area contributed by atoms with Gasteiger partial charge >= 0.3 is 0 Å². The van der Waals surface area contributed by atoms with Crippen LogP contribution in [0.5, 0.6) is 0 Å². The third-order valence-electron chi connectivity index (χ3n) is 6.68. The fourth-order valence-corrected chi connectivity index (χ4v) is 5.13. The molecule has 1 aliphatic rings. The fraction of sp³-hybridized carbons (Fsp3) is 0.435. The van der Waals surface area contributed by atoms with Crippen molar-refractivity contribution >= 4 is 39.2 Å². The maximum absolute atomic E-state index is 11.4. The van der Waals surface area contributed by atoms with E-state index in [1.807, 2.05) is 0 Å². The van der Waals surface area contributed by atoms with E-state index in [9.17, 15) is 4.79 Å². The first kappa shape index (κ1) is 18.4. The predicted octanol–water partition coefficient (Wildman–Crippen LogP) is 5.12. The Labute approximate surface area is 165 Å². The number of fused-ring (bicyclic) bond motifs is 3. The molecule has 27 heavy (non-hydrogen) atoms. The summed E-state index contributed by atoms with van der Waals surface area (Å²) in [5.74, 6) is 1.05. The van der Waals surface area contributed by atoms with Crippen LogP contribution in [0.3, 0.4) is 0 Å². The van der Waals surface area contributed by atoms with Gasteiger partial charge in [-0.25, -0.2) is 0 Å². The van der Waals surface area contributed by atoms with E-state index in [1.165, 1.54) is 32.9 Å². The third kappa shape index (κ3) is 2.84. The Morgan fingerprint density at radius 2 is 1.93 bits per heavy atom. The zero-order valence-corrected chi connectivity index (χ0v) is 17.2. The number of nitrogens with zero attached hydrogens (tertiary/aromatic N) is 1. The van der Waals surface area contributed by atoms with E-state index >= 15 is 0 Å². The SMILES string of the molecule is Cc1c([C@@H]2[C@@H](CCNC(=O)CCl)C2(C)C)c2ccc3ccccc3c2n1C. The minimum Gasteiger partial charge on any atom is -0.355 e. The first-order chi connectivity index (χ1) is 12.9. The van der Waals surface area contributed by atoms with Crippen molar-refractivity contribution in [2.75, 3.05) is 12.4 Å². The van der Waals surface area contributed by atoms with Gasteiger partial charge in [0.1, 0.15) is 5.88 Å². The summed E-state index contributed by atoms with van der Waals surface area (Å²) in [6.07, 6.45) is 0.990. The highest BCUT2D eigenvalue weighted by molar-refractivity contribution is 6.27. The molecule has 4 rings (SSSR count). The molecular weight excluding hydrogens is 356 g/mol. The highest BCUT2D eigenvalue weighted by Gasteiger charge is 2.58. The Balaban J connectivity index is 1.73. The largest absolute Gasteiger partial charge is 0.355 e. The summed E-state index contributed by atoms with van der Waals surface area (Å²) in [4.78, 5) is 11.4. The van der Waals surface area contributed by atoms with Crippen molar-refractivity contribution in [2.24, 2.45) is 18.4 Å². The molecule has 1 aromatic heterocycles. The van der Waals surface area contributed by atoms with Gasteiger partial charge < -0.3 is 9.88 Å². The number of nitrogens with one attached hydrogen (secondary N) is 1. The first-order valence-electron chi connectivity index (χ1n) is 9.67. The number of carbonyl (C=O) groups excluding carboxylic acids is 1. The molecule has 2 atom stereocenters. The molecular formula is C23H27ClN2O. The number of hydrogen-bond acceptors (Lipinski definition) is 1. The lowest BCUT2D eigenvalue weighted by atomic mass is 9.98. The second-order valence-electron chi connectivity index (χ2n) is 8.42. The molecule has 1 amide bonds. The van der Waals surface area contributed by atoms with E-state index in [1.54, 1.807) is 0 Å². The topological polar surface area (TPSA) is 34.0 Å². The Bertz CT molecular complexity index is 1030. The Morgan fingerprint density at radius 3 is 2.67 bits per heavy atom. The van der Waals surface area contributed by atoms with Crippen LogP contribution in [-0.2, 0) is 11.8 Å². The smallest absolute Gasteiger partial charge is 0.234 e. The van der Waals surface area contributed by atoms with Crippen LogP contribution in [0, 0.1) is 18.3 Å². The fourth-order valence-electron chi connectivity index (χ4n) is 5.04. The molecule has 2 aromatic carbocycles. The average Bonchev–Trinajstić information content (AvgIpc) is 3.09. The minimum absolute atomic E-state index is 0.0347. The molecule has 142 valence electrons.